The Balaban J connectivity index is 1.14. The molecule has 0 saturated heterocycles. The maximum absolute atomic E-state index is 12.2. The van der Waals surface area contributed by atoms with E-state index in [-0.39, 0.29) is 5.91 Å². The zero-order valence-corrected chi connectivity index (χ0v) is 17.0. The van der Waals surface area contributed by atoms with Crippen LogP contribution in [0.4, 0.5) is 5.69 Å². The SMILES string of the molecule is O=C(CCCSc1nnc[nH]1)Nc1ccc(C23CC4CC(CC(C4)C2)C3)cc1. The molecule has 0 spiro atoms. The molecule has 1 aromatic carbocycles. The first kappa shape index (κ1) is 18.2. The van der Waals surface area contributed by atoms with Crippen LogP contribution in [0.25, 0.3) is 0 Å². The molecular formula is C22H28N4OS. The first-order valence-corrected chi connectivity index (χ1v) is 11.6. The molecule has 6 heteroatoms. The molecule has 4 aliphatic carbocycles. The molecule has 2 N–H and O–H groups in total. The smallest absolute Gasteiger partial charge is 0.224 e. The van der Waals surface area contributed by atoms with Crippen molar-refractivity contribution in [2.24, 2.45) is 17.8 Å². The van der Waals surface area contributed by atoms with Crippen molar-refractivity contribution in [3.8, 4) is 0 Å². The second kappa shape index (κ2) is 7.54. The van der Waals surface area contributed by atoms with Crippen molar-refractivity contribution >= 4 is 23.4 Å². The molecule has 1 heterocycles. The van der Waals surface area contributed by atoms with Crippen LogP contribution in [-0.4, -0.2) is 26.8 Å². The zero-order chi connectivity index (χ0) is 19.0. The van der Waals surface area contributed by atoms with Crippen LogP contribution in [0.1, 0.15) is 56.9 Å². The lowest BCUT2D eigenvalue weighted by Crippen LogP contribution is -2.48. The van der Waals surface area contributed by atoms with Gasteiger partial charge >= 0.3 is 0 Å². The number of hydrogen-bond donors (Lipinski definition) is 2. The van der Waals surface area contributed by atoms with Crippen molar-refractivity contribution in [1.29, 1.82) is 0 Å². The van der Waals surface area contributed by atoms with Gasteiger partial charge in [-0.3, -0.25) is 4.79 Å². The third kappa shape index (κ3) is 3.71. The van der Waals surface area contributed by atoms with Crippen molar-refractivity contribution in [2.45, 2.75) is 61.9 Å². The number of anilines is 1. The number of nitrogens with one attached hydrogen (secondary N) is 2. The van der Waals surface area contributed by atoms with E-state index in [2.05, 4.69) is 44.8 Å². The van der Waals surface area contributed by atoms with E-state index in [1.54, 1.807) is 18.1 Å². The van der Waals surface area contributed by atoms with Gasteiger partial charge < -0.3 is 10.3 Å². The maximum Gasteiger partial charge on any atom is 0.224 e. The summed E-state index contributed by atoms with van der Waals surface area (Å²) in [5.41, 5.74) is 2.85. The molecule has 4 aliphatic rings. The van der Waals surface area contributed by atoms with E-state index in [1.165, 1.54) is 44.1 Å². The molecule has 148 valence electrons. The molecule has 0 radical (unpaired) electrons. The minimum absolute atomic E-state index is 0.0840. The van der Waals surface area contributed by atoms with Crippen molar-refractivity contribution < 1.29 is 4.79 Å². The van der Waals surface area contributed by atoms with E-state index in [9.17, 15) is 4.79 Å². The van der Waals surface area contributed by atoms with E-state index in [0.717, 1.165) is 40.8 Å². The molecule has 2 aromatic rings. The number of amides is 1. The number of carbonyl (C=O) groups is 1. The Morgan fingerprint density at radius 2 is 1.79 bits per heavy atom. The standard InChI is InChI=1S/C22H28N4OS/c27-20(2-1-7-28-21-23-14-24-26-21)25-19-5-3-18(4-6-19)22-11-15-8-16(12-22)10-17(9-15)13-22/h3-6,14-17H,1-2,7-13H2,(H,25,27)(H,23,24,26). The number of rotatable bonds is 7. The second-order valence-electron chi connectivity index (χ2n) is 9.07. The summed E-state index contributed by atoms with van der Waals surface area (Å²) in [7, 11) is 0. The van der Waals surface area contributed by atoms with E-state index in [1.807, 2.05) is 0 Å². The van der Waals surface area contributed by atoms with Crippen LogP contribution in [-0.2, 0) is 10.2 Å². The van der Waals surface area contributed by atoms with Gasteiger partial charge in [0.1, 0.15) is 6.33 Å². The minimum atomic E-state index is 0.0840. The van der Waals surface area contributed by atoms with Gasteiger partial charge in [-0.25, -0.2) is 0 Å². The van der Waals surface area contributed by atoms with Gasteiger partial charge in [-0.1, -0.05) is 23.9 Å². The van der Waals surface area contributed by atoms with Crippen LogP contribution in [0.5, 0.6) is 0 Å². The van der Waals surface area contributed by atoms with Gasteiger partial charge in [0, 0.05) is 17.9 Å². The summed E-state index contributed by atoms with van der Waals surface area (Å²) in [4.78, 5) is 15.2. The van der Waals surface area contributed by atoms with Crippen molar-refractivity contribution in [2.75, 3.05) is 11.1 Å². The third-order valence-electron chi connectivity index (χ3n) is 7.00. The van der Waals surface area contributed by atoms with Crippen LogP contribution >= 0.6 is 11.8 Å². The molecule has 0 unspecified atom stereocenters. The fourth-order valence-electron chi connectivity index (χ4n) is 6.26. The highest BCUT2D eigenvalue weighted by Gasteiger charge is 2.51. The molecule has 1 aromatic heterocycles. The molecule has 1 amide bonds. The molecule has 0 atom stereocenters. The normalized spacial score (nSPS) is 30.5. The molecule has 5 nitrogen and oxygen atoms in total. The number of aromatic nitrogens is 3. The molecule has 4 bridgehead atoms. The summed E-state index contributed by atoms with van der Waals surface area (Å²) in [6.07, 6.45) is 11.5. The monoisotopic (exact) mass is 396 g/mol. The molecule has 4 fully saturated rings. The zero-order valence-electron chi connectivity index (χ0n) is 16.2. The summed E-state index contributed by atoms with van der Waals surface area (Å²) >= 11 is 1.60. The Kier molecular flexibility index (Phi) is 4.91. The number of nitrogens with zero attached hydrogens (tertiary/aromatic N) is 2. The van der Waals surface area contributed by atoms with Crippen LogP contribution in [0.15, 0.2) is 35.7 Å². The fourth-order valence-corrected chi connectivity index (χ4v) is 6.98. The van der Waals surface area contributed by atoms with E-state index in [4.69, 9.17) is 0 Å². The van der Waals surface area contributed by atoms with Gasteiger partial charge in [-0.2, -0.15) is 0 Å². The number of hydrogen-bond acceptors (Lipinski definition) is 4. The first-order valence-electron chi connectivity index (χ1n) is 10.6. The Labute approximate surface area is 170 Å². The minimum Gasteiger partial charge on any atom is -0.326 e. The van der Waals surface area contributed by atoms with Crippen LogP contribution in [0.3, 0.4) is 0 Å². The van der Waals surface area contributed by atoms with Crippen LogP contribution < -0.4 is 5.32 Å². The topological polar surface area (TPSA) is 70.7 Å². The number of benzene rings is 1. The predicted octanol–water partition coefficient (Wildman–Crippen LogP) is 4.78. The van der Waals surface area contributed by atoms with E-state index in [0.29, 0.717) is 11.8 Å². The predicted molar refractivity (Wildman–Crippen MR) is 111 cm³/mol. The van der Waals surface area contributed by atoms with Gasteiger partial charge in [0.2, 0.25) is 5.91 Å². The number of H-pyrrole nitrogens is 1. The largest absolute Gasteiger partial charge is 0.326 e. The Morgan fingerprint density at radius 3 is 2.39 bits per heavy atom. The lowest BCUT2D eigenvalue weighted by atomic mass is 9.48. The summed E-state index contributed by atoms with van der Waals surface area (Å²) in [5, 5.41) is 11.5. The van der Waals surface area contributed by atoms with Gasteiger partial charge in [0.05, 0.1) is 0 Å². The second-order valence-corrected chi connectivity index (χ2v) is 10.2. The maximum atomic E-state index is 12.2. The van der Waals surface area contributed by atoms with Crippen molar-refractivity contribution in [3.63, 3.8) is 0 Å². The van der Waals surface area contributed by atoms with Gasteiger partial charge in [0.15, 0.2) is 5.16 Å². The number of thioether (sulfide) groups is 1. The highest BCUT2D eigenvalue weighted by Crippen LogP contribution is 2.60. The van der Waals surface area contributed by atoms with Gasteiger partial charge in [-0.15, -0.1) is 10.2 Å². The van der Waals surface area contributed by atoms with Gasteiger partial charge in [0.25, 0.3) is 0 Å². The first-order chi connectivity index (χ1) is 13.7. The van der Waals surface area contributed by atoms with E-state index >= 15 is 0 Å². The summed E-state index contributed by atoms with van der Waals surface area (Å²) in [6.45, 7) is 0. The third-order valence-corrected chi connectivity index (χ3v) is 7.97. The van der Waals surface area contributed by atoms with Crippen LogP contribution in [0.2, 0.25) is 0 Å². The Bertz CT molecular complexity index is 782. The lowest BCUT2D eigenvalue weighted by molar-refractivity contribution is -0.116. The Hall–Kier alpha value is -1.82. The molecule has 0 aliphatic heterocycles. The van der Waals surface area contributed by atoms with Gasteiger partial charge in [-0.05, 0) is 85.8 Å². The van der Waals surface area contributed by atoms with Crippen LogP contribution in [0, 0.1) is 17.8 Å². The highest BCUT2D eigenvalue weighted by atomic mass is 32.2. The highest BCUT2D eigenvalue weighted by molar-refractivity contribution is 7.99. The van der Waals surface area contributed by atoms with Crippen molar-refractivity contribution in [1.82, 2.24) is 15.2 Å². The molecule has 28 heavy (non-hydrogen) atoms. The molecular weight excluding hydrogens is 368 g/mol. The fraction of sp³-hybridized carbons (Fsp3) is 0.591. The average molecular weight is 397 g/mol. The number of carbonyl (C=O) groups excluding carboxylic acids is 1. The molecule has 4 saturated carbocycles. The van der Waals surface area contributed by atoms with Crippen molar-refractivity contribution in [3.05, 3.63) is 36.2 Å². The quantitative estimate of drug-likeness (QED) is 0.522. The molecule has 6 rings (SSSR count). The summed E-state index contributed by atoms with van der Waals surface area (Å²) in [5.74, 6) is 3.82. The average Bonchev–Trinajstić information content (AvgIpc) is 3.18. The Morgan fingerprint density at radius 1 is 1.11 bits per heavy atom. The summed E-state index contributed by atoms with van der Waals surface area (Å²) < 4.78 is 0. The lowest BCUT2D eigenvalue weighted by Gasteiger charge is -2.57. The number of aromatic amines is 1. The summed E-state index contributed by atoms with van der Waals surface area (Å²) in [6, 6.07) is 8.77. The van der Waals surface area contributed by atoms with E-state index < -0.39 is 0 Å².